The lowest BCUT2D eigenvalue weighted by Crippen LogP contribution is -2.37. The van der Waals surface area contributed by atoms with Crippen LogP contribution in [0.15, 0.2) is 33.6 Å². The van der Waals surface area contributed by atoms with Gasteiger partial charge in [-0.05, 0) is 30.2 Å². The molecule has 0 saturated carbocycles. The third-order valence-electron chi connectivity index (χ3n) is 5.09. The molecule has 1 atom stereocenters. The lowest BCUT2D eigenvalue weighted by molar-refractivity contribution is 0.186. The number of piperidine rings is 1. The first-order valence-electron chi connectivity index (χ1n) is 10.0. The number of tetrazole rings is 1. The number of aromatic nitrogens is 4. The minimum Gasteiger partial charge on any atom is -0.390 e. The topological polar surface area (TPSA) is 236 Å². The standard InChI is InChI=1S/C17H27N9O5S2/c18-6-5-11-2-1-7-26(10-11)13-3-4-14(33(30,31)21-9-12(27)8-19)16(32(20,28)29)15(13)17-22-24-25-23-17/h3-5,12,21,27H,1-2,6-10,18-19H2,(H2,20,28,29)(H,22,23,24,25)/b11-5-/t12-/m1/s1. The number of aliphatic hydroxyl groups is 1. The van der Waals surface area contributed by atoms with E-state index in [4.69, 9.17) is 16.6 Å². The number of nitrogens with zero attached hydrogens (tertiary/aromatic N) is 4. The molecule has 3 rings (SSSR count). The number of hydrogen-bond donors (Lipinski definition) is 6. The second-order valence-electron chi connectivity index (χ2n) is 7.43. The molecular weight excluding hydrogens is 474 g/mol. The molecule has 0 radical (unpaired) electrons. The molecule has 182 valence electrons. The normalized spacial score (nSPS) is 17.5. The lowest BCUT2D eigenvalue weighted by atomic mass is 10.0. The maximum Gasteiger partial charge on any atom is 0.242 e. The van der Waals surface area contributed by atoms with Gasteiger partial charge in [0.1, 0.15) is 9.79 Å². The molecule has 1 aromatic heterocycles. The molecule has 2 heterocycles. The number of aliphatic hydroxyl groups excluding tert-OH is 1. The Balaban J connectivity index is 2.23. The van der Waals surface area contributed by atoms with Crippen LogP contribution in [0.5, 0.6) is 0 Å². The average Bonchev–Trinajstić information content (AvgIpc) is 3.31. The van der Waals surface area contributed by atoms with E-state index in [9.17, 15) is 21.9 Å². The fraction of sp³-hybridized carbons (Fsp3) is 0.471. The molecular formula is C17H27N9O5S2. The Morgan fingerprint density at radius 3 is 2.64 bits per heavy atom. The van der Waals surface area contributed by atoms with Gasteiger partial charge in [-0.3, -0.25) is 0 Å². The Labute approximate surface area is 191 Å². The number of hydrogen-bond acceptors (Lipinski definition) is 11. The smallest absolute Gasteiger partial charge is 0.242 e. The summed E-state index contributed by atoms with van der Waals surface area (Å²) >= 11 is 0. The van der Waals surface area contributed by atoms with Crippen LogP contribution < -0.4 is 26.2 Å². The zero-order chi connectivity index (χ0) is 24.2. The molecule has 1 fully saturated rings. The Kier molecular flexibility index (Phi) is 7.78. The highest BCUT2D eigenvalue weighted by molar-refractivity contribution is 7.92. The predicted molar refractivity (Wildman–Crippen MR) is 120 cm³/mol. The van der Waals surface area contributed by atoms with Crippen LogP contribution in [0.3, 0.4) is 0 Å². The number of benzene rings is 1. The van der Waals surface area contributed by atoms with Gasteiger partial charge < -0.3 is 21.5 Å². The minimum atomic E-state index is -4.59. The number of nitrogens with two attached hydrogens (primary N) is 3. The van der Waals surface area contributed by atoms with Gasteiger partial charge in [-0.25, -0.2) is 26.7 Å². The molecule has 0 aliphatic carbocycles. The van der Waals surface area contributed by atoms with E-state index in [1.165, 1.54) is 6.07 Å². The highest BCUT2D eigenvalue weighted by Gasteiger charge is 2.33. The van der Waals surface area contributed by atoms with Crippen LogP contribution >= 0.6 is 0 Å². The van der Waals surface area contributed by atoms with Crippen molar-refractivity contribution in [2.45, 2.75) is 28.7 Å². The van der Waals surface area contributed by atoms with Crippen molar-refractivity contribution < 1.29 is 21.9 Å². The maximum absolute atomic E-state index is 13.0. The van der Waals surface area contributed by atoms with Gasteiger partial charge in [0.05, 0.1) is 11.7 Å². The number of H-pyrrole nitrogens is 1. The second kappa shape index (κ2) is 10.2. The van der Waals surface area contributed by atoms with Crippen LogP contribution in [0, 0.1) is 0 Å². The van der Waals surface area contributed by atoms with Crippen LogP contribution in [-0.4, -0.2) is 81.4 Å². The molecule has 33 heavy (non-hydrogen) atoms. The van der Waals surface area contributed by atoms with Crippen molar-refractivity contribution in [1.29, 1.82) is 0 Å². The predicted octanol–water partition coefficient (Wildman–Crippen LogP) is -2.40. The average molecular weight is 502 g/mol. The van der Waals surface area contributed by atoms with E-state index in [2.05, 4.69) is 25.3 Å². The summed E-state index contributed by atoms with van der Waals surface area (Å²) in [5, 5.41) is 28.6. The molecule has 0 unspecified atom stereocenters. The van der Waals surface area contributed by atoms with Gasteiger partial charge in [-0.1, -0.05) is 11.6 Å². The lowest BCUT2D eigenvalue weighted by Gasteiger charge is -2.32. The van der Waals surface area contributed by atoms with Crippen molar-refractivity contribution in [1.82, 2.24) is 25.3 Å². The van der Waals surface area contributed by atoms with Crippen molar-refractivity contribution in [2.75, 3.05) is 37.6 Å². The first-order chi connectivity index (χ1) is 15.6. The molecule has 1 aliphatic rings. The van der Waals surface area contributed by atoms with E-state index in [1.54, 1.807) is 0 Å². The molecule has 1 aromatic carbocycles. The van der Waals surface area contributed by atoms with Gasteiger partial charge in [0.25, 0.3) is 0 Å². The van der Waals surface area contributed by atoms with Crippen molar-refractivity contribution >= 4 is 25.7 Å². The van der Waals surface area contributed by atoms with E-state index in [1.807, 2.05) is 11.0 Å². The highest BCUT2D eigenvalue weighted by Crippen LogP contribution is 2.39. The van der Waals surface area contributed by atoms with Crippen LogP contribution in [-0.2, 0) is 20.0 Å². The van der Waals surface area contributed by atoms with E-state index in [0.29, 0.717) is 25.3 Å². The van der Waals surface area contributed by atoms with Crippen molar-refractivity contribution in [2.24, 2.45) is 16.6 Å². The van der Waals surface area contributed by atoms with Crippen LogP contribution in [0.25, 0.3) is 11.4 Å². The Morgan fingerprint density at radius 2 is 2.03 bits per heavy atom. The van der Waals surface area contributed by atoms with E-state index >= 15 is 0 Å². The number of aromatic amines is 1. The van der Waals surface area contributed by atoms with Crippen LogP contribution in [0.2, 0.25) is 0 Å². The molecule has 2 aromatic rings. The van der Waals surface area contributed by atoms with E-state index in [-0.39, 0.29) is 17.9 Å². The fourth-order valence-corrected chi connectivity index (χ4v) is 6.27. The van der Waals surface area contributed by atoms with Crippen molar-refractivity contribution in [3.05, 3.63) is 23.8 Å². The van der Waals surface area contributed by atoms with E-state index in [0.717, 1.165) is 24.5 Å². The minimum absolute atomic E-state index is 0.0949. The van der Waals surface area contributed by atoms with Gasteiger partial charge in [0.2, 0.25) is 25.9 Å². The summed E-state index contributed by atoms with van der Waals surface area (Å²) < 4.78 is 53.5. The maximum atomic E-state index is 13.0. The Bertz CT molecular complexity index is 1210. The zero-order valence-corrected chi connectivity index (χ0v) is 19.3. The second-order valence-corrected chi connectivity index (χ2v) is 10.7. The SMILES string of the molecule is NC/C=C1/CCCN(c2ccc(S(=O)(=O)NC[C@H](O)CN)c(S(N)(=O)=O)c2-c2nn[nH]n2)C1. The third kappa shape index (κ3) is 5.72. The Hall–Kier alpha value is -2.47. The molecule has 0 bridgehead atoms. The molecule has 14 nitrogen and oxygen atoms in total. The number of sulfonamides is 2. The summed E-state index contributed by atoms with van der Waals surface area (Å²) in [5.74, 6) is -0.136. The fourth-order valence-electron chi connectivity index (χ4n) is 3.60. The molecule has 0 spiro atoms. The largest absolute Gasteiger partial charge is 0.390 e. The monoisotopic (exact) mass is 501 g/mol. The summed E-state index contributed by atoms with van der Waals surface area (Å²) in [6.07, 6.45) is 2.36. The molecule has 0 amide bonds. The summed E-state index contributed by atoms with van der Waals surface area (Å²) in [6.45, 7) is 0.788. The summed E-state index contributed by atoms with van der Waals surface area (Å²) in [4.78, 5) is 0.603. The van der Waals surface area contributed by atoms with Crippen molar-refractivity contribution in [3.8, 4) is 11.4 Å². The first-order valence-corrected chi connectivity index (χ1v) is 13.1. The van der Waals surface area contributed by atoms with Gasteiger partial charge in [0.15, 0.2) is 0 Å². The molecule has 16 heteroatoms. The number of nitrogens with one attached hydrogen (secondary N) is 2. The quantitative estimate of drug-likeness (QED) is 0.198. The van der Waals surface area contributed by atoms with Gasteiger partial charge in [0, 0.05) is 38.4 Å². The molecule has 1 saturated heterocycles. The van der Waals surface area contributed by atoms with Gasteiger partial charge >= 0.3 is 0 Å². The summed E-state index contributed by atoms with van der Waals surface area (Å²) in [7, 11) is -9.01. The summed E-state index contributed by atoms with van der Waals surface area (Å²) in [6, 6.07) is 2.62. The van der Waals surface area contributed by atoms with Crippen LogP contribution in [0.4, 0.5) is 5.69 Å². The summed E-state index contributed by atoms with van der Waals surface area (Å²) in [5.41, 5.74) is 12.3. The number of primary sulfonamides is 1. The number of rotatable bonds is 9. The van der Waals surface area contributed by atoms with Crippen LogP contribution in [0.1, 0.15) is 12.8 Å². The molecule has 9 N–H and O–H groups in total. The van der Waals surface area contributed by atoms with E-state index < -0.39 is 42.5 Å². The number of anilines is 1. The Morgan fingerprint density at radius 1 is 1.27 bits per heavy atom. The van der Waals surface area contributed by atoms with Crippen molar-refractivity contribution in [3.63, 3.8) is 0 Å². The highest BCUT2D eigenvalue weighted by atomic mass is 32.2. The van der Waals surface area contributed by atoms with Gasteiger partial charge in [-0.2, -0.15) is 5.21 Å². The van der Waals surface area contributed by atoms with Gasteiger partial charge in [-0.15, -0.1) is 10.2 Å². The first kappa shape index (κ1) is 25.2. The third-order valence-corrected chi connectivity index (χ3v) is 7.68. The zero-order valence-electron chi connectivity index (χ0n) is 17.7. The molecule has 1 aliphatic heterocycles.